The first kappa shape index (κ1) is 20.6. The zero-order chi connectivity index (χ0) is 21.4. The van der Waals surface area contributed by atoms with Gasteiger partial charge in [0.1, 0.15) is 11.6 Å². The maximum absolute atomic E-state index is 12.3. The van der Waals surface area contributed by atoms with Crippen LogP contribution in [0.1, 0.15) is 39.4 Å². The number of benzene rings is 1. The van der Waals surface area contributed by atoms with Crippen molar-refractivity contribution >= 4 is 34.4 Å². The van der Waals surface area contributed by atoms with Gasteiger partial charge in [-0.3, -0.25) is 4.79 Å². The summed E-state index contributed by atoms with van der Waals surface area (Å²) in [6, 6.07) is 7.61. The number of hydrogen-bond donors (Lipinski definition) is 0. The van der Waals surface area contributed by atoms with E-state index in [1.165, 1.54) is 0 Å². The molecule has 0 aliphatic carbocycles. The fourth-order valence-corrected chi connectivity index (χ4v) is 3.93. The molecule has 1 fully saturated rings. The number of carbonyl (C=O) groups is 1. The van der Waals surface area contributed by atoms with Crippen LogP contribution in [0.5, 0.6) is 0 Å². The van der Waals surface area contributed by atoms with E-state index in [-0.39, 0.29) is 17.7 Å². The maximum Gasteiger partial charge on any atom is 0.225 e. The molecule has 1 amide bonds. The first-order valence-electron chi connectivity index (χ1n) is 10.4. The molecule has 1 saturated heterocycles. The van der Waals surface area contributed by atoms with Crippen molar-refractivity contribution in [2.24, 2.45) is 5.92 Å². The summed E-state index contributed by atoms with van der Waals surface area (Å²) < 4.78 is 1.78. The van der Waals surface area contributed by atoms with Crippen molar-refractivity contribution < 1.29 is 4.79 Å². The van der Waals surface area contributed by atoms with Gasteiger partial charge in [0.25, 0.3) is 0 Å². The van der Waals surface area contributed by atoms with Crippen molar-refractivity contribution in [1.82, 2.24) is 24.6 Å². The normalized spacial score (nSPS) is 14.9. The van der Waals surface area contributed by atoms with Crippen molar-refractivity contribution in [2.75, 3.05) is 31.1 Å². The molecular formula is C22H27ClN6O. The Bertz CT molecular complexity index is 1070. The molecule has 0 radical (unpaired) electrons. The number of amides is 1. The van der Waals surface area contributed by atoms with E-state index in [2.05, 4.69) is 23.8 Å². The van der Waals surface area contributed by atoms with Gasteiger partial charge >= 0.3 is 0 Å². The summed E-state index contributed by atoms with van der Waals surface area (Å²) in [5.74, 6) is 2.04. The van der Waals surface area contributed by atoms with Crippen LogP contribution >= 0.6 is 11.6 Å². The van der Waals surface area contributed by atoms with Crippen LogP contribution in [0.3, 0.4) is 0 Å². The Morgan fingerprint density at radius 3 is 2.37 bits per heavy atom. The second kappa shape index (κ2) is 8.22. The molecule has 1 aliphatic rings. The molecule has 0 atom stereocenters. The molecule has 0 saturated carbocycles. The number of fused-ring (bicyclic) bond motifs is 1. The molecule has 0 unspecified atom stereocenters. The summed E-state index contributed by atoms with van der Waals surface area (Å²) in [5, 5.41) is 6.10. The molecule has 4 rings (SSSR count). The smallest absolute Gasteiger partial charge is 0.225 e. The van der Waals surface area contributed by atoms with Crippen molar-refractivity contribution in [1.29, 1.82) is 0 Å². The lowest BCUT2D eigenvalue weighted by Crippen LogP contribution is -2.50. The Morgan fingerprint density at radius 2 is 1.73 bits per heavy atom. The second-order valence-corrected chi connectivity index (χ2v) is 8.68. The van der Waals surface area contributed by atoms with Crippen LogP contribution in [0.4, 0.5) is 5.82 Å². The zero-order valence-corrected chi connectivity index (χ0v) is 18.6. The number of anilines is 1. The second-order valence-electron chi connectivity index (χ2n) is 8.27. The van der Waals surface area contributed by atoms with Gasteiger partial charge in [-0.25, -0.2) is 14.6 Å². The Labute approximate surface area is 181 Å². The molecule has 1 aliphatic heterocycles. The highest BCUT2D eigenvalue weighted by molar-refractivity contribution is 6.32. The van der Waals surface area contributed by atoms with E-state index in [9.17, 15) is 4.79 Å². The number of para-hydroxylation sites is 1. The van der Waals surface area contributed by atoms with Crippen molar-refractivity contribution in [3.05, 3.63) is 41.3 Å². The summed E-state index contributed by atoms with van der Waals surface area (Å²) in [4.78, 5) is 26.2. The molecule has 0 spiro atoms. The van der Waals surface area contributed by atoms with Crippen LogP contribution < -0.4 is 4.90 Å². The summed E-state index contributed by atoms with van der Waals surface area (Å²) >= 11 is 6.43. The van der Waals surface area contributed by atoms with Gasteiger partial charge in [-0.05, 0) is 12.1 Å². The molecule has 158 valence electrons. The van der Waals surface area contributed by atoms with E-state index in [4.69, 9.17) is 21.6 Å². The van der Waals surface area contributed by atoms with Crippen LogP contribution in [0.2, 0.25) is 5.02 Å². The third kappa shape index (κ3) is 3.74. The average molecular weight is 427 g/mol. The molecule has 1 aromatic carbocycles. The number of carbonyl (C=O) groups excluding carboxylic acids is 1. The van der Waals surface area contributed by atoms with Crippen molar-refractivity contribution in [3.63, 3.8) is 0 Å². The lowest BCUT2D eigenvalue weighted by atomic mass is 10.1. The lowest BCUT2D eigenvalue weighted by molar-refractivity contribution is -0.134. The van der Waals surface area contributed by atoms with E-state index in [0.29, 0.717) is 18.1 Å². The number of rotatable bonds is 4. The van der Waals surface area contributed by atoms with Crippen LogP contribution in [-0.2, 0) is 4.79 Å². The molecular weight excluding hydrogens is 400 g/mol. The highest BCUT2D eigenvalue weighted by Crippen LogP contribution is 2.30. The molecule has 7 nitrogen and oxygen atoms in total. The third-order valence-electron chi connectivity index (χ3n) is 5.41. The number of hydrogen-bond acceptors (Lipinski definition) is 5. The summed E-state index contributed by atoms with van der Waals surface area (Å²) in [7, 11) is 0. The molecule has 3 aromatic rings. The van der Waals surface area contributed by atoms with E-state index in [1.54, 1.807) is 4.68 Å². The highest BCUT2D eigenvalue weighted by Gasteiger charge is 2.26. The fourth-order valence-electron chi connectivity index (χ4n) is 3.71. The molecule has 0 N–H and O–H groups in total. The van der Waals surface area contributed by atoms with Gasteiger partial charge in [0.15, 0.2) is 5.65 Å². The van der Waals surface area contributed by atoms with Crippen LogP contribution in [0, 0.1) is 5.92 Å². The van der Waals surface area contributed by atoms with Crippen molar-refractivity contribution in [2.45, 2.75) is 33.6 Å². The van der Waals surface area contributed by atoms with E-state index in [0.717, 1.165) is 41.5 Å². The van der Waals surface area contributed by atoms with Gasteiger partial charge in [0, 0.05) is 38.0 Å². The molecule has 8 heteroatoms. The minimum atomic E-state index is 0.0173. The average Bonchev–Trinajstić information content (AvgIpc) is 3.16. The molecule has 0 bridgehead atoms. The van der Waals surface area contributed by atoms with Gasteiger partial charge in [0.2, 0.25) is 5.91 Å². The molecule has 2 aromatic heterocycles. The van der Waals surface area contributed by atoms with Crippen LogP contribution in [-0.4, -0.2) is 56.7 Å². The van der Waals surface area contributed by atoms with Gasteiger partial charge in [-0.1, -0.05) is 51.4 Å². The van der Waals surface area contributed by atoms with Crippen molar-refractivity contribution in [3.8, 4) is 5.69 Å². The fraction of sp³-hybridized carbons (Fsp3) is 0.455. The summed E-state index contributed by atoms with van der Waals surface area (Å²) in [6.45, 7) is 10.9. The van der Waals surface area contributed by atoms with Crippen LogP contribution in [0.25, 0.3) is 16.7 Å². The highest BCUT2D eigenvalue weighted by atomic mass is 35.5. The monoisotopic (exact) mass is 426 g/mol. The maximum atomic E-state index is 12.3. The third-order valence-corrected chi connectivity index (χ3v) is 5.73. The van der Waals surface area contributed by atoms with Gasteiger partial charge in [-0.15, -0.1) is 0 Å². The minimum Gasteiger partial charge on any atom is -0.352 e. The Balaban J connectivity index is 1.74. The number of nitrogens with zero attached hydrogens (tertiary/aromatic N) is 6. The number of piperazine rings is 1. The van der Waals surface area contributed by atoms with Gasteiger partial charge in [-0.2, -0.15) is 5.10 Å². The quantitative estimate of drug-likeness (QED) is 0.633. The molecule has 3 heterocycles. The summed E-state index contributed by atoms with van der Waals surface area (Å²) in [6.07, 6.45) is 1.81. The van der Waals surface area contributed by atoms with Gasteiger partial charge < -0.3 is 9.80 Å². The first-order valence-corrected chi connectivity index (χ1v) is 10.8. The minimum absolute atomic E-state index is 0.0173. The number of aromatic nitrogens is 4. The van der Waals surface area contributed by atoms with E-state index >= 15 is 0 Å². The van der Waals surface area contributed by atoms with E-state index < -0.39 is 0 Å². The topological polar surface area (TPSA) is 67.2 Å². The Morgan fingerprint density at radius 1 is 1.03 bits per heavy atom. The zero-order valence-electron chi connectivity index (χ0n) is 17.8. The SMILES string of the molecule is CC(C)C(=O)N1CCN(c2nc(C(C)C)nc3c2cnn3-c2ccccc2Cl)CC1. The van der Waals surface area contributed by atoms with Crippen LogP contribution in [0.15, 0.2) is 30.5 Å². The lowest BCUT2D eigenvalue weighted by Gasteiger charge is -2.36. The van der Waals surface area contributed by atoms with Gasteiger partial charge in [0.05, 0.1) is 22.3 Å². The standard InChI is InChI=1S/C22H27ClN6O/c1-14(2)19-25-20(27-9-11-28(12-10-27)22(30)15(3)4)16-13-24-29(21(16)26-19)18-8-6-5-7-17(18)23/h5-8,13-15H,9-12H2,1-4H3. The number of halogens is 1. The van der Waals surface area contributed by atoms with E-state index in [1.807, 2.05) is 49.2 Å². The Hall–Kier alpha value is -2.67. The Kier molecular flexibility index (Phi) is 5.64. The first-order chi connectivity index (χ1) is 14.4. The largest absolute Gasteiger partial charge is 0.352 e. The summed E-state index contributed by atoms with van der Waals surface area (Å²) in [5.41, 5.74) is 1.54. The predicted molar refractivity (Wildman–Crippen MR) is 119 cm³/mol. The predicted octanol–water partition coefficient (Wildman–Crippen LogP) is 3.90. The molecule has 30 heavy (non-hydrogen) atoms.